The second-order valence-electron chi connectivity index (χ2n) is 18.6. The van der Waals surface area contributed by atoms with Gasteiger partial charge >= 0.3 is 0 Å². The van der Waals surface area contributed by atoms with Crippen molar-refractivity contribution in [1.82, 2.24) is 0 Å². The molecule has 68 heavy (non-hydrogen) atoms. The maximum absolute atomic E-state index is 2.43. The highest BCUT2D eigenvalue weighted by atomic mass is 15.1. The van der Waals surface area contributed by atoms with Gasteiger partial charge in [-0.25, -0.2) is 0 Å². The van der Waals surface area contributed by atoms with Gasteiger partial charge in [0.1, 0.15) is 0 Å². The second kappa shape index (κ2) is 16.8. The number of hydrogen-bond acceptors (Lipinski definition) is 2. The van der Waals surface area contributed by atoms with E-state index in [0.717, 1.165) is 34.1 Å². The van der Waals surface area contributed by atoms with Crippen LogP contribution in [0, 0.1) is 27.7 Å². The van der Waals surface area contributed by atoms with Crippen molar-refractivity contribution in [3.05, 3.63) is 253 Å². The molecule has 12 aromatic carbocycles. The van der Waals surface area contributed by atoms with E-state index >= 15 is 0 Å². The van der Waals surface area contributed by atoms with Gasteiger partial charge in [0.2, 0.25) is 0 Å². The zero-order valence-corrected chi connectivity index (χ0v) is 38.8. The summed E-state index contributed by atoms with van der Waals surface area (Å²) >= 11 is 0. The Morgan fingerprint density at radius 2 is 0.588 bits per heavy atom. The molecule has 0 unspecified atom stereocenters. The normalized spacial score (nSPS) is 11.5. The molecule has 0 radical (unpaired) electrons. The van der Waals surface area contributed by atoms with Crippen molar-refractivity contribution < 1.29 is 0 Å². The lowest BCUT2D eigenvalue weighted by molar-refractivity contribution is 1.26. The quantitative estimate of drug-likeness (QED) is 0.140. The standard InChI is InChI=1S/C66H50N2/c1-43-31-44(2)34-58(33-43)67(54-15-7-5-8-16-54)56-29-27-47-37-51(25-23-49(47)39-56)64-41-53-42-65(61-20-12-14-22-63(61)66(53)62-21-13-11-19-60(62)64)52-26-24-50-40-57(30-28-48(50)38-52)68(55-17-9-6-10-18-55)59-35-45(3)32-46(4)36-59/h5-42H,1-4H3. The third kappa shape index (κ3) is 7.41. The summed E-state index contributed by atoms with van der Waals surface area (Å²) in [6.07, 6.45) is 0. The van der Waals surface area contributed by atoms with Gasteiger partial charge < -0.3 is 9.80 Å². The molecule has 0 spiro atoms. The zero-order valence-electron chi connectivity index (χ0n) is 38.8. The van der Waals surface area contributed by atoms with E-state index in [2.05, 4.69) is 268 Å². The van der Waals surface area contributed by atoms with E-state index in [1.807, 2.05) is 0 Å². The summed E-state index contributed by atoms with van der Waals surface area (Å²) in [4.78, 5) is 4.73. The SMILES string of the molecule is Cc1cc(C)cc(N(c2ccccc2)c2ccc3cc(-c4cc5cc(-c6ccc7cc(N(c8ccccc8)c8cc(C)cc(C)c8)ccc7c6)c6ccccc6c5c5ccccc45)ccc3c2)c1. The Morgan fingerprint density at radius 1 is 0.235 bits per heavy atom. The summed E-state index contributed by atoms with van der Waals surface area (Å²) in [5, 5.41) is 12.4. The largest absolute Gasteiger partial charge is 0.310 e. The molecule has 0 atom stereocenters. The maximum atomic E-state index is 2.43. The van der Waals surface area contributed by atoms with Gasteiger partial charge in [-0.2, -0.15) is 0 Å². The third-order valence-electron chi connectivity index (χ3n) is 13.6. The molecule has 0 aromatic heterocycles. The molecular formula is C66H50N2. The third-order valence-corrected chi connectivity index (χ3v) is 13.6. The van der Waals surface area contributed by atoms with Gasteiger partial charge in [0.15, 0.2) is 0 Å². The van der Waals surface area contributed by atoms with E-state index in [1.54, 1.807) is 0 Å². The van der Waals surface area contributed by atoms with Gasteiger partial charge in [0.25, 0.3) is 0 Å². The highest BCUT2D eigenvalue weighted by molar-refractivity contribution is 6.26. The first-order valence-electron chi connectivity index (χ1n) is 23.6. The smallest absolute Gasteiger partial charge is 0.0468 e. The minimum atomic E-state index is 1.14. The molecule has 0 saturated carbocycles. The van der Waals surface area contributed by atoms with Crippen LogP contribution in [-0.2, 0) is 0 Å². The van der Waals surface area contributed by atoms with E-state index in [-0.39, 0.29) is 0 Å². The molecule has 324 valence electrons. The molecule has 0 amide bonds. The van der Waals surface area contributed by atoms with Crippen LogP contribution in [0.2, 0.25) is 0 Å². The Morgan fingerprint density at radius 3 is 1.00 bits per heavy atom. The summed E-state index contributed by atoms with van der Waals surface area (Å²) < 4.78 is 0. The van der Waals surface area contributed by atoms with Crippen LogP contribution >= 0.6 is 0 Å². The molecule has 0 aliphatic carbocycles. The van der Waals surface area contributed by atoms with E-state index in [1.165, 1.54) is 98.4 Å². The summed E-state index contributed by atoms with van der Waals surface area (Å²) in [5.41, 5.74) is 16.8. The van der Waals surface area contributed by atoms with Crippen LogP contribution in [0.15, 0.2) is 231 Å². The molecule has 0 heterocycles. The van der Waals surface area contributed by atoms with Crippen LogP contribution in [0.4, 0.5) is 34.1 Å². The van der Waals surface area contributed by atoms with Gasteiger partial charge in [-0.05, 0) is 223 Å². The van der Waals surface area contributed by atoms with Gasteiger partial charge in [-0.1, -0.05) is 133 Å². The van der Waals surface area contributed by atoms with Crippen LogP contribution in [0.25, 0.3) is 76.1 Å². The summed E-state index contributed by atoms with van der Waals surface area (Å²) in [6, 6.07) is 85.4. The molecule has 0 N–H and O–H groups in total. The van der Waals surface area contributed by atoms with Crippen molar-refractivity contribution in [3.8, 4) is 22.3 Å². The number of aryl methyl sites for hydroxylation is 4. The van der Waals surface area contributed by atoms with Crippen molar-refractivity contribution in [2.75, 3.05) is 9.80 Å². The lowest BCUT2D eigenvalue weighted by Gasteiger charge is -2.26. The molecular weight excluding hydrogens is 821 g/mol. The number of anilines is 6. The van der Waals surface area contributed by atoms with E-state index < -0.39 is 0 Å². The molecule has 2 nitrogen and oxygen atoms in total. The Bertz CT molecular complexity index is 3610. The first kappa shape index (κ1) is 41.0. The van der Waals surface area contributed by atoms with E-state index in [4.69, 9.17) is 0 Å². The van der Waals surface area contributed by atoms with Crippen molar-refractivity contribution in [3.63, 3.8) is 0 Å². The fourth-order valence-electron chi connectivity index (χ4n) is 10.7. The number of nitrogens with zero attached hydrogens (tertiary/aromatic N) is 2. The molecule has 0 aliphatic rings. The van der Waals surface area contributed by atoms with Crippen LogP contribution in [0.5, 0.6) is 0 Å². The van der Waals surface area contributed by atoms with Crippen molar-refractivity contribution in [1.29, 1.82) is 0 Å². The Hall–Kier alpha value is -8.46. The fourth-order valence-corrected chi connectivity index (χ4v) is 10.7. The Kier molecular flexibility index (Phi) is 10.1. The topological polar surface area (TPSA) is 6.48 Å². The number of fused-ring (bicyclic) bond motifs is 7. The molecule has 2 heteroatoms. The Balaban J connectivity index is 0.966. The monoisotopic (exact) mass is 870 g/mol. The fraction of sp³-hybridized carbons (Fsp3) is 0.0606. The molecule has 0 bridgehead atoms. The van der Waals surface area contributed by atoms with Gasteiger partial charge in [0.05, 0.1) is 0 Å². The summed E-state index contributed by atoms with van der Waals surface area (Å²) in [6.45, 7) is 8.70. The number of para-hydroxylation sites is 2. The van der Waals surface area contributed by atoms with Crippen molar-refractivity contribution in [2.45, 2.75) is 27.7 Å². The van der Waals surface area contributed by atoms with Crippen LogP contribution in [0.1, 0.15) is 22.3 Å². The summed E-state index contributed by atoms with van der Waals surface area (Å²) in [7, 11) is 0. The molecule has 12 aromatic rings. The van der Waals surface area contributed by atoms with Crippen molar-refractivity contribution >= 4 is 88.0 Å². The zero-order chi connectivity index (χ0) is 45.9. The molecule has 0 aliphatic heterocycles. The Labute approximate surface area is 398 Å². The van der Waals surface area contributed by atoms with Gasteiger partial charge in [-0.15, -0.1) is 0 Å². The minimum absolute atomic E-state index is 1.14. The van der Waals surface area contributed by atoms with Crippen LogP contribution in [-0.4, -0.2) is 0 Å². The van der Waals surface area contributed by atoms with Crippen LogP contribution in [0.3, 0.4) is 0 Å². The summed E-state index contributed by atoms with van der Waals surface area (Å²) in [5.74, 6) is 0. The average molecular weight is 871 g/mol. The molecule has 0 fully saturated rings. The lowest BCUT2D eigenvalue weighted by atomic mass is 9.87. The van der Waals surface area contributed by atoms with Crippen molar-refractivity contribution in [2.24, 2.45) is 0 Å². The highest BCUT2D eigenvalue weighted by Gasteiger charge is 2.19. The van der Waals surface area contributed by atoms with E-state index in [0.29, 0.717) is 0 Å². The molecule has 12 rings (SSSR count). The first-order valence-corrected chi connectivity index (χ1v) is 23.6. The van der Waals surface area contributed by atoms with Gasteiger partial charge in [-0.3, -0.25) is 0 Å². The second-order valence-corrected chi connectivity index (χ2v) is 18.6. The minimum Gasteiger partial charge on any atom is -0.310 e. The maximum Gasteiger partial charge on any atom is 0.0468 e. The van der Waals surface area contributed by atoms with E-state index in [9.17, 15) is 0 Å². The first-order chi connectivity index (χ1) is 33.3. The van der Waals surface area contributed by atoms with Crippen LogP contribution < -0.4 is 9.80 Å². The molecule has 0 saturated heterocycles. The number of benzene rings is 12. The predicted molar refractivity (Wildman–Crippen MR) is 293 cm³/mol. The van der Waals surface area contributed by atoms with Gasteiger partial charge in [0, 0.05) is 34.1 Å². The number of rotatable bonds is 8. The predicted octanol–water partition coefficient (Wildman–Crippen LogP) is 19.0. The number of hydrogen-bond donors (Lipinski definition) is 0. The average Bonchev–Trinajstić information content (AvgIpc) is 3.35. The highest BCUT2D eigenvalue weighted by Crippen LogP contribution is 2.44. The lowest BCUT2D eigenvalue weighted by Crippen LogP contribution is -2.10.